The van der Waals surface area contributed by atoms with Gasteiger partial charge in [-0.05, 0) is 25.0 Å². The summed E-state index contributed by atoms with van der Waals surface area (Å²) < 4.78 is 19.0. The summed E-state index contributed by atoms with van der Waals surface area (Å²) in [6, 6.07) is 6.20. The van der Waals surface area contributed by atoms with E-state index in [0.717, 1.165) is 12.8 Å². The normalized spacial score (nSPS) is 16.9. The first-order valence-corrected chi connectivity index (χ1v) is 6.93. The first-order chi connectivity index (χ1) is 9.70. The summed E-state index contributed by atoms with van der Waals surface area (Å²) in [6.45, 7) is 0.486. The monoisotopic (exact) mass is 278 g/mol. The molecular formula is C15H19FN2O2. The first kappa shape index (κ1) is 14.8. The molecule has 20 heavy (non-hydrogen) atoms. The number of rotatable bonds is 6. The summed E-state index contributed by atoms with van der Waals surface area (Å²) in [5, 5.41) is 21.6. The quantitative estimate of drug-likeness (QED) is 0.838. The van der Waals surface area contributed by atoms with Crippen molar-refractivity contribution in [1.29, 1.82) is 5.26 Å². The second kappa shape index (κ2) is 7.22. The average Bonchev–Trinajstić information content (AvgIpc) is 2.96. The highest BCUT2D eigenvalue weighted by molar-refractivity contribution is 5.57. The fourth-order valence-corrected chi connectivity index (χ4v) is 2.37. The standard InChI is InChI=1S/C15H19FN2O2/c16-14-6-3-7-15(13(14)8-17)18-9-11(19)10-20-12-4-1-2-5-12/h3,6-7,11-12,18-19H,1-2,4-5,9-10H2. The minimum Gasteiger partial charge on any atom is -0.389 e. The third-order valence-electron chi connectivity index (χ3n) is 3.48. The number of aliphatic hydroxyl groups is 1. The molecule has 0 bridgehead atoms. The number of hydrogen-bond donors (Lipinski definition) is 2. The molecule has 1 aromatic rings. The van der Waals surface area contributed by atoms with Gasteiger partial charge < -0.3 is 15.2 Å². The summed E-state index contributed by atoms with van der Waals surface area (Å²) >= 11 is 0. The summed E-state index contributed by atoms with van der Waals surface area (Å²) in [5.41, 5.74) is 0.365. The Labute approximate surface area is 118 Å². The lowest BCUT2D eigenvalue weighted by molar-refractivity contribution is -0.00117. The smallest absolute Gasteiger partial charge is 0.143 e. The van der Waals surface area contributed by atoms with E-state index in [1.165, 1.54) is 25.0 Å². The third kappa shape index (κ3) is 3.92. The molecule has 4 nitrogen and oxygen atoms in total. The van der Waals surface area contributed by atoms with Crippen molar-refractivity contribution in [1.82, 2.24) is 0 Å². The van der Waals surface area contributed by atoms with Gasteiger partial charge in [0.2, 0.25) is 0 Å². The van der Waals surface area contributed by atoms with E-state index >= 15 is 0 Å². The van der Waals surface area contributed by atoms with Crippen LogP contribution in [0.2, 0.25) is 0 Å². The van der Waals surface area contributed by atoms with Crippen molar-refractivity contribution in [2.75, 3.05) is 18.5 Å². The van der Waals surface area contributed by atoms with Gasteiger partial charge in [-0.25, -0.2) is 4.39 Å². The van der Waals surface area contributed by atoms with E-state index < -0.39 is 11.9 Å². The molecular weight excluding hydrogens is 259 g/mol. The molecule has 0 spiro atoms. The van der Waals surface area contributed by atoms with E-state index in [4.69, 9.17) is 10.00 Å². The number of aliphatic hydroxyl groups excluding tert-OH is 1. The summed E-state index contributed by atoms with van der Waals surface area (Å²) in [6.07, 6.45) is 4.08. The van der Waals surface area contributed by atoms with Crippen LogP contribution in [0.15, 0.2) is 18.2 Å². The summed E-state index contributed by atoms with van der Waals surface area (Å²) in [4.78, 5) is 0. The molecule has 1 aliphatic carbocycles. The number of nitrogens with zero attached hydrogens (tertiary/aromatic N) is 1. The van der Waals surface area contributed by atoms with Crippen LogP contribution >= 0.6 is 0 Å². The SMILES string of the molecule is N#Cc1c(F)cccc1NCC(O)COC1CCCC1. The van der Waals surface area contributed by atoms with Gasteiger partial charge in [0.05, 0.1) is 24.5 Å². The summed E-state index contributed by atoms with van der Waals surface area (Å²) in [5.74, 6) is -0.561. The molecule has 5 heteroatoms. The van der Waals surface area contributed by atoms with E-state index in [1.807, 2.05) is 6.07 Å². The fraction of sp³-hybridized carbons (Fsp3) is 0.533. The maximum Gasteiger partial charge on any atom is 0.143 e. The highest BCUT2D eigenvalue weighted by Crippen LogP contribution is 2.21. The van der Waals surface area contributed by atoms with Crippen molar-refractivity contribution in [2.45, 2.75) is 37.9 Å². The van der Waals surface area contributed by atoms with Crippen LogP contribution in [0, 0.1) is 17.1 Å². The molecule has 2 rings (SSSR count). The van der Waals surface area contributed by atoms with Gasteiger partial charge >= 0.3 is 0 Å². The lowest BCUT2D eigenvalue weighted by Gasteiger charge is -2.17. The van der Waals surface area contributed by atoms with Crippen LogP contribution in [0.1, 0.15) is 31.2 Å². The Balaban J connectivity index is 1.79. The molecule has 1 aromatic carbocycles. The second-order valence-electron chi connectivity index (χ2n) is 5.05. The Morgan fingerprint density at radius 2 is 2.20 bits per heavy atom. The molecule has 0 aromatic heterocycles. The predicted octanol–water partition coefficient (Wildman–Crippen LogP) is 2.43. The number of nitrogens with one attached hydrogen (secondary N) is 1. The van der Waals surface area contributed by atoms with Gasteiger partial charge in [-0.1, -0.05) is 18.9 Å². The lowest BCUT2D eigenvalue weighted by Crippen LogP contribution is -2.27. The Morgan fingerprint density at radius 3 is 2.90 bits per heavy atom. The van der Waals surface area contributed by atoms with Crippen LogP contribution in [0.3, 0.4) is 0 Å². The van der Waals surface area contributed by atoms with Crippen molar-refractivity contribution in [3.05, 3.63) is 29.6 Å². The van der Waals surface area contributed by atoms with E-state index in [0.29, 0.717) is 5.69 Å². The number of anilines is 1. The van der Waals surface area contributed by atoms with Gasteiger partial charge in [0, 0.05) is 6.54 Å². The summed E-state index contributed by atoms with van der Waals surface area (Å²) in [7, 11) is 0. The maximum atomic E-state index is 13.4. The number of benzene rings is 1. The molecule has 0 radical (unpaired) electrons. The topological polar surface area (TPSA) is 65.3 Å². The Hall–Kier alpha value is -1.64. The van der Waals surface area contributed by atoms with Crippen LogP contribution in [0.5, 0.6) is 0 Å². The molecule has 1 saturated carbocycles. The second-order valence-corrected chi connectivity index (χ2v) is 5.05. The Morgan fingerprint density at radius 1 is 1.45 bits per heavy atom. The highest BCUT2D eigenvalue weighted by Gasteiger charge is 2.17. The highest BCUT2D eigenvalue weighted by atomic mass is 19.1. The zero-order valence-corrected chi connectivity index (χ0v) is 11.3. The molecule has 0 saturated heterocycles. The van der Waals surface area contributed by atoms with E-state index in [9.17, 15) is 9.50 Å². The number of halogens is 1. The molecule has 1 atom stereocenters. The van der Waals surface area contributed by atoms with Crippen LogP contribution < -0.4 is 5.32 Å². The molecule has 0 heterocycles. The zero-order valence-electron chi connectivity index (χ0n) is 11.3. The zero-order chi connectivity index (χ0) is 14.4. The largest absolute Gasteiger partial charge is 0.389 e. The third-order valence-corrected chi connectivity index (χ3v) is 3.48. The van der Waals surface area contributed by atoms with Crippen LogP contribution in [0.25, 0.3) is 0 Å². The molecule has 108 valence electrons. The van der Waals surface area contributed by atoms with Gasteiger partial charge in [0.1, 0.15) is 17.4 Å². The minimum atomic E-state index is -0.676. The average molecular weight is 278 g/mol. The van der Waals surface area contributed by atoms with Gasteiger partial charge in [-0.15, -0.1) is 0 Å². The first-order valence-electron chi connectivity index (χ1n) is 6.93. The van der Waals surface area contributed by atoms with E-state index in [2.05, 4.69) is 5.32 Å². The van der Waals surface area contributed by atoms with Crippen LogP contribution in [-0.4, -0.2) is 30.5 Å². The predicted molar refractivity (Wildman–Crippen MR) is 73.8 cm³/mol. The molecule has 2 N–H and O–H groups in total. The molecule has 0 amide bonds. The van der Waals surface area contributed by atoms with Gasteiger partial charge in [-0.2, -0.15) is 5.26 Å². The minimum absolute atomic E-state index is 0.0311. The van der Waals surface area contributed by atoms with Crippen molar-refractivity contribution in [3.8, 4) is 6.07 Å². The van der Waals surface area contributed by atoms with Gasteiger partial charge in [0.15, 0.2) is 0 Å². The van der Waals surface area contributed by atoms with Crippen LogP contribution in [-0.2, 0) is 4.74 Å². The molecule has 0 aliphatic heterocycles. The molecule has 1 unspecified atom stereocenters. The van der Waals surface area contributed by atoms with Crippen LogP contribution in [0.4, 0.5) is 10.1 Å². The van der Waals surface area contributed by atoms with Gasteiger partial charge in [-0.3, -0.25) is 0 Å². The van der Waals surface area contributed by atoms with Crippen molar-refractivity contribution in [3.63, 3.8) is 0 Å². The maximum absolute atomic E-state index is 13.4. The van der Waals surface area contributed by atoms with Crippen molar-refractivity contribution < 1.29 is 14.2 Å². The Bertz CT molecular complexity index is 481. The van der Waals surface area contributed by atoms with Crippen molar-refractivity contribution in [2.24, 2.45) is 0 Å². The van der Waals surface area contributed by atoms with Crippen molar-refractivity contribution >= 4 is 5.69 Å². The number of nitriles is 1. The lowest BCUT2D eigenvalue weighted by atomic mass is 10.2. The Kier molecular flexibility index (Phi) is 5.33. The molecule has 1 fully saturated rings. The van der Waals surface area contributed by atoms with E-state index in [1.54, 1.807) is 6.07 Å². The number of ether oxygens (including phenoxy) is 1. The fourth-order valence-electron chi connectivity index (χ4n) is 2.37. The number of hydrogen-bond acceptors (Lipinski definition) is 4. The molecule has 1 aliphatic rings. The van der Waals surface area contributed by atoms with Gasteiger partial charge in [0.25, 0.3) is 0 Å². The van der Waals surface area contributed by atoms with E-state index in [-0.39, 0.29) is 24.8 Å².